The fourth-order valence-electron chi connectivity index (χ4n) is 2.03. The molecule has 2 amide bonds. The zero-order chi connectivity index (χ0) is 11.5. The third kappa shape index (κ3) is 2.49. The molecule has 1 N–H and O–H groups in total. The molecular formula is C10H17N3O2S. The number of carbonyl (C=O) groups excluding carboxylic acids is 2. The summed E-state index contributed by atoms with van der Waals surface area (Å²) in [6, 6.07) is 0.228. The predicted molar refractivity (Wildman–Crippen MR) is 63.5 cm³/mol. The second-order valence-electron chi connectivity index (χ2n) is 4.18. The minimum Gasteiger partial charge on any atom is -0.336 e. The molecule has 2 aliphatic rings. The van der Waals surface area contributed by atoms with Gasteiger partial charge in [0.1, 0.15) is 6.54 Å². The summed E-state index contributed by atoms with van der Waals surface area (Å²) in [6.07, 6.45) is 0. The van der Waals surface area contributed by atoms with Crippen molar-refractivity contribution >= 4 is 22.9 Å². The van der Waals surface area contributed by atoms with Crippen LogP contribution in [0.3, 0.4) is 0 Å². The van der Waals surface area contributed by atoms with Gasteiger partial charge in [-0.15, -0.1) is 0 Å². The Labute approximate surface area is 99.5 Å². The van der Waals surface area contributed by atoms with E-state index in [4.69, 9.17) is 0 Å². The van der Waals surface area contributed by atoms with Crippen LogP contribution in [0.2, 0.25) is 0 Å². The molecule has 2 fully saturated rings. The van der Waals surface area contributed by atoms with Crippen LogP contribution in [0.5, 0.6) is 0 Å². The summed E-state index contributed by atoms with van der Waals surface area (Å²) in [5.74, 6) is 0.883. The molecule has 0 aromatic heterocycles. The summed E-state index contributed by atoms with van der Waals surface area (Å²) < 4.78 is 0. The summed E-state index contributed by atoms with van der Waals surface area (Å²) in [5, 5.41) is 3.28. The number of nitrogens with one attached hydrogen (secondary N) is 1. The van der Waals surface area contributed by atoms with Gasteiger partial charge in [0.05, 0.1) is 0 Å². The second kappa shape index (κ2) is 5.05. The quantitative estimate of drug-likeness (QED) is 0.740. The lowest BCUT2D eigenvalue weighted by Crippen LogP contribution is -2.54. The molecular weight excluding hydrogens is 226 g/mol. The van der Waals surface area contributed by atoms with Crippen LogP contribution < -0.4 is 5.32 Å². The first-order valence-electron chi connectivity index (χ1n) is 5.60. The molecule has 5 nitrogen and oxygen atoms in total. The molecule has 1 atom stereocenters. The van der Waals surface area contributed by atoms with Crippen LogP contribution in [-0.2, 0) is 4.79 Å². The number of rotatable bonds is 2. The normalized spacial score (nSPS) is 26.3. The first-order valence-corrected chi connectivity index (χ1v) is 6.59. The van der Waals surface area contributed by atoms with Crippen molar-refractivity contribution in [1.29, 1.82) is 0 Å². The number of thioether (sulfide) groups is 1. The fraction of sp³-hybridized carbons (Fsp3) is 0.800. The van der Waals surface area contributed by atoms with Crippen molar-refractivity contribution in [2.45, 2.75) is 13.0 Å². The van der Waals surface area contributed by atoms with Gasteiger partial charge in [0.2, 0.25) is 5.91 Å². The topological polar surface area (TPSA) is 52.7 Å². The van der Waals surface area contributed by atoms with E-state index >= 15 is 0 Å². The molecule has 0 saturated carbocycles. The molecule has 2 saturated heterocycles. The maximum Gasteiger partial charge on any atom is 0.282 e. The Hall–Kier alpha value is -0.750. The smallest absolute Gasteiger partial charge is 0.282 e. The van der Waals surface area contributed by atoms with E-state index in [0.717, 1.165) is 25.4 Å². The average Bonchev–Trinajstić information content (AvgIpc) is 2.65. The Morgan fingerprint density at radius 1 is 1.56 bits per heavy atom. The Bertz CT molecular complexity index is 298. The number of carbonyl (C=O) groups is 2. The molecule has 2 rings (SSSR count). The summed E-state index contributed by atoms with van der Waals surface area (Å²) >= 11 is 1.30. The lowest BCUT2D eigenvalue weighted by atomic mass is 10.2. The molecule has 0 bridgehead atoms. The van der Waals surface area contributed by atoms with Crippen molar-refractivity contribution in [3.05, 3.63) is 0 Å². The maximum absolute atomic E-state index is 12.0. The fourth-order valence-corrected chi connectivity index (χ4v) is 2.86. The highest BCUT2D eigenvalue weighted by molar-refractivity contribution is 8.13. The standard InChI is InChI=1S/C10H17N3O2S/c1-8-6-11-2-3-13(8)9(14)7-12-4-5-16-10(12)15/h8,11H,2-7H2,1H3/t8-/m0/s1. The lowest BCUT2D eigenvalue weighted by Gasteiger charge is -2.34. The molecule has 2 heterocycles. The van der Waals surface area contributed by atoms with Crippen molar-refractivity contribution in [3.63, 3.8) is 0 Å². The minimum atomic E-state index is 0.0381. The van der Waals surface area contributed by atoms with Crippen molar-refractivity contribution in [2.24, 2.45) is 0 Å². The SMILES string of the molecule is C[C@H]1CNCCN1C(=O)CN1CCSC1=O. The van der Waals surface area contributed by atoms with Gasteiger partial charge in [-0.3, -0.25) is 9.59 Å². The highest BCUT2D eigenvalue weighted by atomic mass is 32.2. The van der Waals surface area contributed by atoms with Crippen LogP contribution in [0, 0.1) is 0 Å². The van der Waals surface area contributed by atoms with Crippen molar-refractivity contribution in [1.82, 2.24) is 15.1 Å². The van der Waals surface area contributed by atoms with Gasteiger partial charge in [-0.1, -0.05) is 11.8 Å². The number of hydrogen-bond donors (Lipinski definition) is 1. The molecule has 0 aromatic carbocycles. The Kier molecular flexibility index (Phi) is 3.70. The molecule has 6 heteroatoms. The molecule has 90 valence electrons. The van der Waals surface area contributed by atoms with Gasteiger partial charge >= 0.3 is 0 Å². The lowest BCUT2D eigenvalue weighted by molar-refractivity contribution is -0.134. The van der Waals surface area contributed by atoms with E-state index < -0.39 is 0 Å². The van der Waals surface area contributed by atoms with Crippen molar-refractivity contribution in [2.75, 3.05) is 38.5 Å². The van der Waals surface area contributed by atoms with Crippen LogP contribution in [0.25, 0.3) is 0 Å². The van der Waals surface area contributed by atoms with Crippen LogP contribution >= 0.6 is 11.8 Å². The predicted octanol–water partition coefficient (Wildman–Crippen LogP) is -0.0245. The Morgan fingerprint density at radius 3 is 3.00 bits per heavy atom. The highest BCUT2D eigenvalue weighted by Gasteiger charge is 2.28. The Balaban J connectivity index is 1.89. The van der Waals surface area contributed by atoms with E-state index in [0.29, 0.717) is 6.54 Å². The molecule has 0 spiro atoms. The van der Waals surface area contributed by atoms with Gasteiger partial charge in [-0.2, -0.15) is 0 Å². The van der Waals surface area contributed by atoms with E-state index in [1.54, 1.807) is 4.90 Å². The molecule has 2 aliphatic heterocycles. The van der Waals surface area contributed by atoms with Gasteiger partial charge in [0, 0.05) is 38.0 Å². The first kappa shape index (κ1) is 11.7. The van der Waals surface area contributed by atoms with Crippen LogP contribution in [-0.4, -0.2) is 65.5 Å². The van der Waals surface area contributed by atoms with Gasteiger partial charge in [0.25, 0.3) is 5.24 Å². The second-order valence-corrected chi connectivity index (χ2v) is 5.22. The first-order chi connectivity index (χ1) is 7.68. The molecule has 16 heavy (non-hydrogen) atoms. The van der Waals surface area contributed by atoms with Gasteiger partial charge in [-0.05, 0) is 6.92 Å². The van der Waals surface area contributed by atoms with Gasteiger partial charge < -0.3 is 15.1 Å². The monoisotopic (exact) mass is 243 g/mol. The third-order valence-electron chi connectivity index (χ3n) is 2.99. The summed E-state index contributed by atoms with van der Waals surface area (Å²) in [4.78, 5) is 26.9. The summed E-state index contributed by atoms with van der Waals surface area (Å²) in [7, 11) is 0. The summed E-state index contributed by atoms with van der Waals surface area (Å²) in [6.45, 7) is 5.42. The number of nitrogens with zero attached hydrogens (tertiary/aromatic N) is 2. The molecule has 0 aromatic rings. The van der Waals surface area contributed by atoms with Gasteiger partial charge in [-0.25, -0.2) is 0 Å². The van der Waals surface area contributed by atoms with E-state index in [1.165, 1.54) is 11.8 Å². The van der Waals surface area contributed by atoms with Crippen LogP contribution in [0.15, 0.2) is 0 Å². The molecule has 0 radical (unpaired) electrons. The Morgan fingerprint density at radius 2 is 2.38 bits per heavy atom. The summed E-state index contributed by atoms with van der Waals surface area (Å²) in [5.41, 5.74) is 0. The average molecular weight is 243 g/mol. The number of piperazine rings is 1. The largest absolute Gasteiger partial charge is 0.336 e. The zero-order valence-corrected chi connectivity index (χ0v) is 10.3. The third-order valence-corrected chi connectivity index (χ3v) is 3.88. The van der Waals surface area contributed by atoms with E-state index in [2.05, 4.69) is 5.32 Å². The van der Waals surface area contributed by atoms with Crippen LogP contribution in [0.4, 0.5) is 4.79 Å². The molecule has 0 aliphatic carbocycles. The number of hydrogen-bond acceptors (Lipinski definition) is 4. The number of amides is 2. The highest BCUT2D eigenvalue weighted by Crippen LogP contribution is 2.17. The zero-order valence-electron chi connectivity index (χ0n) is 9.44. The maximum atomic E-state index is 12.0. The van der Waals surface area contributed by atoms with Crippen molar-refractivity contribution in [3.8, 4) is 0 Å². The van der Waals surface area contributed by atoms with Gasteiger partial charge in [0.15, 0.2) is 0 Å². The van der Waals surface area contributed by atoms with E-state index in [1.807, 2.05) is 11.8 Å². The van der Waals surface area contributed by atoms with E-state index in [-0.39, 0.29) is 23.7 Å². The minimum absolute atomic E-state index is 0.0381. The molecule has 0 unspecified atom stereocenters. The van der Waals surface area contributed by atoms with Crippen LogP contribution in [0.1, 0.15) is 6.92 Å². The van der Waals surface area contributed by atoms with E-state index in [9.17, 15) is 9.59 Å². The van der Waals surface area contributed by atoms with Crippen molar-refractivity contribution < 1.29 is 9.59 Å².